The summed E-state index contributed by atoms with van der Waals surface area (Å²) >= 11 is 0. The molecule has 2 atom stereocenters. The number of aromatic hydroxyl groups is 1. The number of phenolic OH excluding ortho intramolecular Hbond substituents is 1. The molecule has 0 aliphatic heterocycles. The van der Waals surface area contributed by atoms with Crippen molar-refractivity contribution in [3.63, 3.8) is 0 Å². The van der Waals surface area contributed by atoms with Gasteiger partial charge in [0, 0.05) is 0 Å². The van der Waals surface area contributed by atoms with Crippen LogP contribution < -0.4 is 0 Å². The third kappa shape index (κ3) is 8.80. The van der Waals surface area contributed by atoms with Gasteiger partial charge in [-0.25, -0.2) is 0 Å². The standard InChI is InChI=1S/C20H34O/c1-4-5-6-7-9-17(2)10-8-11-18(3)16-19-12-14-20(21)15-13-19/h12-15,17-18,21H,4-11,16H2,1-3H3. The molecule has 0 fully saturated rings. The van der Waals surface area contributed by atoms with Gasteiger partial charge < -0.3 is 5.11 Å². The Morgan fingerprint density at radius 1 is 0.810 bits per heavy atom. The van der Waals surface area contributed by atoms with Crippen molar-refractivity contribution < 1.29 is 5.11 Å². The molecule has 0 aliphatic rings. The first-order chi connectivity index (χ1) is 10.1. The minimum Gasteiger partial charge on any atom is -0.508 e. The SMILES string of the molecule is CCCCCCC(C)CCCC(C)Cc1ccc(O)cc1. The topological polar surface area (TPSA) is 20.2 Å². The average molecular weight is 290 g/mol. The molecule has 1 rings (SSSR count). The summed E-state index contributed by atoms with van der Waals surface area (Å²) in [4.78, 5) is 0. The Hall–Kier alpha value is -0.980. The fraction of sp³-hybridized carbons (Fsp3) is 0.700. The van der Waals surface area contributed by atoms with E-state index in [0.29, 0.717) is 5.75 Å². The molecule has 1 aromatic rings. The van der Waals surface area contributed by atoms with Crippen LogP contribution in [0.1, 0.15) is 77.7 Å². The van der Waals surface area contributed by atoms with Gasteiger partial charge in [-0.3, -0.25) is 0 Å². The van der Waals surface area contributed by atoms with Gasteiger partial charge in [0.25, 0.3) is 0 Å². The van der Waals surface area contributed by atoms with Crippen LogP contribution in [0.15, 0.2) is 24.3 Å². The van der Waals surface area contributed by atoms with Crippen molar-refractivity contribution in [2.24, 2.45) is 11.8 Å². The van der Waals surface area contributed by atoms with Crippen LogP contribution in [-0.4, -0.2) is 5.11 Å². The van der Waals surface area contributed by atoms with Crippen LogP contribution in [0.3, 0.4) is 0 Å². The van der Waals surface area contributed by atoms with E-state index in [4.69, 9.17) is 0 Å². The molecule has 0 bridgehead atoms. The number of phenols is 1. The highest BCUT2D eigenvalue weighted by atomic mass is 16.3. The molecule has 0 aliphatic carbocycles. The molecule has 0 radical (unpaired) electrons. The highest BCUT2D eigenvalue weighted by molar-refractivity contribution is 5.26. The smallest absolute Gasteiger partial charge is 0.115 e. The predicted molar refractivity (Wildman–Crippen MR) is 92.7 cm³/mol. The lowest BCUT2D eigenvalue weighted by molar-refractivity contribution is 0.409. The van der Waals surface area contributed by atoms with E-state index in [0.717, 1.165) is 18.3 Å². The first-order valence-electron chi connectivity index (χ1n) is 8.89. The highest BCUT2D eigenvalue weighted by Gasteiger charge is 2.06. The van der Waals surface area contributed by atoms with Crippen molar-refractivity contribution in [1.29, 1.82) is 0 Å². The second kappa shape index (κ2) is 10.7. The van der Waals surface area contributed by atoms with E-state index in [9.17, 15) is 5.11 Å². The number of benzene rings is 1. The average Bonchev–Trinajstić information content (AvgIpc) is 2.46. The molecule has 0 heterocycles. The van der Waals surface area contributed by atoms with E-state index < -0.39 is 0 Å². The number of hydrogen-bond acceptors (Lipinski definition) is 1. The largest absolute Gasteiger partial charge is 0.508 e. The molecule has 2 unspecified atom stereocenters. The maximum Gasteiger partial charge on any atom is 0.115 e. The molecule has 120 valence electrons. The van der Waals surface area contributed by atoms with E-state index in [-0.39, 0.29) is 0 Å². The van der Waals surface area contributed by atoms with Gasteiger partial charge in [-0.1, -0.05) is 84.3 Å². The summed E-state index contributed by atoms with van der Waals surface area (Å²) in [5.41, 5.74) is 1.34. The van der Waals surface area contributed by atoms with Gasteiger partial charge in [0.2, 0.25) is 0 Å². The maximum atomic E-state index is 9.30. The van der Waals surface area contributed by atoms with Gasteiger partial charge in [0.05, 0.1) is 0 Å². The summed E-state index contributed by atoms with van der Waals surface area (Å²) in [6.45, 7) is 7.04. The van der Waals surface area contributed by atoms with Gasteiger partial charge in [0.15, 0.2) is 0 Å². The highest BCUT2D eigenvalue weighted by Crippen LogP contribution is 2.21. The third-order valence-corrected chi connectivity index (χ3v) is 4.46. The Labute approximate surface area is 131 Å². The molecule has 0 amide bonds. The van der Waals surface area contributed by atoms with Crippen LogP contribution >= 0.6 is 0 Å². The summed E-state index contributed by atoms with van der Waals surface area (Å²) < 4.78 is 0. The van der Waals surface area contributed by atoms with Crippen LogP contribution in [-0.2, 0) is 6.42 Å². The van der Waals surface area contributed by atoms with Crippen LogP contribution in [0.25, 0.3) is 0 Å². The minimum atomic E-state index is 0.364. The molecule has 0 aromatic heterocycles. The van der Waals surface area contributed by atoms with Gasteiger partial charge in [-0.15, -0.1) is 0 Å². The lowest BCUT2D eigenvalue weighted by atomic mass is 9.92. The molecule has 0 spiro atoms. The summed E-state index contributed by atoms with van der Waals surface area (Å²) in [5.74, 6) is 1.99. The Kier molecular flexibility index (Phi) is 9.21. The first kappa shape index (κ1) is 18.1. The molecule has 1 N–H and O–H groups in total. The van der Waals surface area contributed by atoms with E-state index in [2.05, 4.69) is 20.8 Å². The van der Waals surface area contributed by atoms with E-state index in [1.807, 2.05) is 12.1 Å². The van der Waals surface area contributed by atoms with E-state index >= 15 is 0 Å². The molecular weight excluding hydrogens is 256 g/mol. The zero-order valence-corrected chi connectivity index (χ0v) is 14.3. The van der Waals surface area contributed by atoms with Crippen LogP contribution in [0.2, 0.25) is 0 Å². The molecule has 1 heteroatoms. The van der Waals surface area contributed by atoms with E-state index in [1.54, 1.807) is 12.1 Å². The van der Waals surface area contributed by atoms with Crippen LogP contribution in [0.5, 0.6) is 5.75 Å². The first-order valence-corrected chi connectivity index (χ1v) is 8.89. The number of rotatable bonds is 11. The van der Waals surface area contributed by atoms with Crippen molar-refractivity contribution in [3.05, 3.63) is 29.8 Å². The van der Waals surface area contributed by atoms with Crippen molar-refractivity contribution in [3.8, 4) is 5.75 Å². The Morgan fingerprint density at radius 2 is 1.43 bits per heavy atom. The number of hydrogen-bond donors (Lipinski definition) is 1. The minimum absolute atomic E-state index is 0.364. The van der Waals surface area contributed by atoms with Crippen molar-refractivity contribution >= 4 is 0 Å². The van der Waals surface area contributed by atoms with Gasteiger partial charge in [-0.05, 0) is 36.0 Å². The van der Waals surface area contributed by atoms with Crippen molar-refractivity contribution in [2.75, 3.05) is 0 Å². The van der Waals surface area contributed by atoms with Gasteiger partial charge in [0.1, 0.15) is 5.75 Å². The second-order valence-corrected chi connectivity index (χ2v) is 6.86. The summed E-state index contributed by atoms with van der Waals surface area (Å²) in [7, 11) is 0. The van der Waals surface area contributed by atoms with Gasteiger partial charge in [-0.2, -0.15) is 0 Å². The second-order valence-electron chi connectivity index (χ2n) is 6.86. The van der Waals surface area contributed by atoms with E-state index in [1.165, 1.54) is 56.9 Å². The fourth-order valence-corrected chi connectivity index (χ4v) is 3.02. The quantitative estimate of drug-likeness (QED) is 0.471. The Bertz CT molecular complexity index is 355. The fourth-order valence-electron chi connectivity index (χ4n) is 3.02. The third-order valence-electron chi connectivity index (χ3n) is 4.46. The Balaban J connectivity index is 2.09. The normalized spacial score (nSPS) is 14.0. The summed E-state index contributed by atoms with van der Waals surface area (Å²) in [5, 5.41) is 9.30. The molecule has 1 nitrogen and oxygen atoms in total. The van der Waals surface area contributed by atoms with Crippen molar-refractivity contribution in [2.45, 2.75) is 78.6 Å². The number of unbranched alkanes of at least 4 members (excludes halogenated alkanes) is 3. The lowest BCUT2D eigenvalue weighted by Crippen LogP contribution is -2.02. The lowest BCUT2D eigenvalue weighted by Gasteiger charge is -2.14. The summed E-state index contributed by atoms with van der Waals surface area (Å²) in [6.07, 6.45) is 12.2. The molecule has 0 saturated carbocycles. The zero-order chi connectivity index (χ0) is 15.5. The van der Waals surface area contributed by atoms with Crippen LogP contribution in [0.4, 0.5) is 0 Å². The molecule has 0 saturated heterocycles. The summed E-state index contributed by atoms with van der Waals surface area (Å²) in [6, 6.07) is 7.67. The Morgan fingerprint density at radius 3 is 2.10 bits per heavy atom. The zero-order valence-electron chi connectivity index (χ0n) is 14.3. The van der Waals surface area contributed by atoms with Crippen LogP contribution in [0, 0.1) is 11.8 Å². The van der Waals surface area contributed by atoms with Crippen molar-refractivity contribution in [1.82, 2.24) is 0 Å². The predicted octanol–water partition coefficient (Wildman–Crippen LogP) is 6.35. The molecule has 21 heavy (non-hydrogen) atoms. The monoisotopic (exact) mass is 290 g/mol. The maximum absolute atomic E-state index is 9.30. The molecule has 1 aromatic carbocycles. The molecular formula is C20H34O. The van der Waals surface area contributed by atoms with Gasteiger partial charge >= 0.3 is 0 Å².